The van der Waals surface area contributed by atoms with Crippen LogP contribution < -0.4 is 4.74 Å². The Kier molecular flexibility index (Phi) is 6.53. The van der Waals surface area contributed by atoms with Crippen molar-refractivity contribution < 1.29 is 9.53 Å². The molecule has 0 fully saturated rings. The van der Waals surface area contributed by atoms with Crippen LogP contribution in [0.3, 0.4) is 0 Å². The molecule has 1 unspecified atom stereocenters. The number of aryl methyl sites for hydroxylation is 1. The van der Waals surface area contributed by atoms with Gasteiger partial charge in [0.05, 0.1) is 13.2 Å². The van der Waals surface area contributed by atoms with Gasteiger partial charge in [-0.05, 0) is 55.7 Å². The molecule has 0 aliphatic rings. The quantitative estimate of drug-likeness (QED) is 0.585. The maximum Gasteiger partial charge on any atom is 0.223 e. The predicted molar refractivity (Wildman–Crippen MR) is 113 cm³/mol. The second-order valence-electron chi connectivity index (χ2n) is 6.90. The van der Waals surface area contributed by atoms with E-state index in [0.717, 1.165) is 28.3 Å². The molecular weight excluding hydrogens is 348 g/mol. The van der Waals surface area contributed by atoms with E-state index in [9.17, 15) is 4.79 Å². The Bertz CT molecular complexity index is 902. The van der Waals surface area contributed by atoms with Crippen molar-refractivity contribution in [3.63, 3.8) is 0 Å². The van der Waals surface area contributed by atoms with Crippen molar-refractivity contribution in [1.29, 1.82) is 0 Å². The summed E-state index contributed by atoms with van der Waals surface area (Å²) in [4.78, 5) is 18.2. The number of amides is 1. The van der Waals surface area contributed by atoms with Gasteiger partial charge >= 0.3 is 0 Å². The Balaban J connectivity index is 1.63. The van der Waals surface area contributed by atoms with Gasteiger partial charge in [0.1, 0.15) is 5.75 Å². The highest BCUT2D eigenvalue weighted by molar-refractivity contribution is 5.77. The molecule has 1 heterocycles. The first kappa shape index (κ1) is 19.7. The fourth-order valence-corrected chi connectivity index (χ4v) is 3.50. The molecule has 1 amide bonds. The number of nitrogens with zero attached hydrogens (tertiary/aromatic N) is 1. The van der Waals surface area contributed by atoms with Gasteiger partial charge in [0.2, 0.25) is 5.91 Å². The Morgan fingerprint density at radius 1 is 1.07 bits per heavy atom. The van der Waals surface area contributed by atoms with Crippen LogP contribution in [-0.2, 0) is 11.2 Å². The summed E-state index contributed by atoms with van der Waals surface area (Å²) in [5.41, 5.74) is 4.40. The molecule has 0 saturated carbocycles. The summed E-state index contributed by atoms with van der Waals surface area (Å²) in [6, 6.07) is 22.3. The van der Waals surface area contributed by atoms with Gasteiger partial charge in [-0.1, -0.05) is 42.5 Å². The number of carbonyl (C=O) groups is 1. The van der Waals surface area contributed by atoms with Gasteiger partial charge in [0.25, 0.3) is 0 Å². The molecular formula is C24H28N2O2. The van der Waals surface area contributed by atoms with Gasteiger partial charge in [-0.15, -0.1) is 0 Å². The molecule has 0 aliphatic carbocycles. The van der Waals surface area contributed by atoms with Crippen LogP contribution in [0.5, 0.6) is 5.75 Å². The average Bonchev–Trinajstić information content (AvgIpc) is 3.22. The molecule has 4 nitrogen and oxygen atoms in total. The van der Waals surface area contributed by atoms with Crippen molar-refractivity contribution in [2.45, 2.75) is 32.7 Å². The predicted octanol–water partition coefficient (Wildman–Crippen LogP) is 5.23. The van der Waals surface area contributed by atoms with Gasteiger partial charge in [0.15, 0.2) is 0 Å². The number of H-pyrrole nitrogens is 1. The highest BCUT2D eigenvalue weighted by atomic mass is 16.5. The van der Waals surface area contributed by atoms with Crippen LogP contribution in [0.1, 0.15) is 37.6 Å². The van der Waals surface area contributed by atoms with Crippen molar-refractivity contribution in [2.75, 3.05) is 13.7 Å². The standard InChI is InChI=1S/C24H28N2O2/c1-4-26(18(2)20-11-8-12-22(17-20)28-3)24(27)16-14-21-13-15-23(25-21)19-9-6-5-7-10-19/h5-13,15,17-18,25H,4,14,16H2,1-3H3. The van der Waals surface area contributed by atoms with Gasteiger partial charge in [0, 0.05) is 24.4 Å². The molecule has 0 aliphatic heterocycles. The highest BCUT2D eigenvalue weighted by Crippen LogP contribution is 2.25. The fourth-order valence-electron chi connectivity index (χ4n) is 3.50. The van der Waals surface area contributed by atoms with Gasteiger partial charge < -0.3 is 14.6 Å². The lowest BCUT2D eigenvalue weighted by molar-refractivity contribution is -0.133. The largest absolute Gasteiger partial charge is 0.497 e. The minimum atomic E-state index is 0.0103. The van der Waals surface area contributed by atoms with Crippen LogP contribution in [0.15, 0.2) is 66.7 Å². The summed E-state index contributed by atoms with van der Waals surface area (Å²) in [5.74, 6) is 0.973. The second-order valence-corrected chi connectivity index (χ2v) is 6.90. The third-order valence-electron chi connectivity index (χ3n) is 5.14. The molecule has 0 bridgehead atoms. The van der Waals surface area contributed by atoms with E-state index in [4.69, 9.17) is 4.74 Å². The lowest BCUT2D eigenvalue weighted by atomic mass is 10.1. The Morgan fingerprint density at radius 3 is 2.57 bits per heavy atom. The Labute approximate surface area is 167 Å². The second kappa shape index (κ2) is 9.27. The number of rotatable bonds is 8. The number of aromatic nitrogens is 1. The summed E-state index contributed by atoms with van der Waals surface area (Å²) < 4.78 is 5.32. The van der Waals surface area contributed by atoms with Crippen LogP contribution in [0.4, 0.5) is 0 Å². The average molecular weight is 377 g/mol. The number of ether oxygens (including phenoxy) is 1. The molecule has 3 rings (SSSR count). The van der Waals surface area contributed by atoms with E-state index in [0.29, 0.717) is 19.4 Å². The number of aromatic amines is 1. The van der Waals surface area contributed by atoms with E-state index in [1.807, 2.05) is 54.3 Å². The van der Waals surface area contributed by atoms with Crippen molar-refractivity contribution in [1.82, 2.24) is 9.88 Å². The first-order valence-corrected chi connectivity index (χ1v) is 9.79. The lowest BCUT2D eigenvalue weighted by Gasteiger charge is -2.28. The van der Waals surface area contributed by atoms with E-state index in [-0.39, 0.29) is 11.9 Å². The molecule has 0 radical (unpaired) electrons. The first-order valence-electron chi connectivity index (χ1n) is 9.79. The molecule has 2 aromatic carbocycles. The number of nitrogens with one attached hydrogen (secondary N) is 1. The monoisotopic (exact) mass is 376 g/mol. The topological polar surface area (TPSA) is 45.3 Å². The molecule has 1 aromatic heterocycles. The summed E-state index contributed by atoms with van der Waals surface area (Å²) >= 11 is 0. The third-order valence-corrected chi connectivity index (χ3v) is 5.14. The molecule has 0 saturated heterocycles. The lowest BCUT2D eigenvalue weighted by Crippen LogP contribution is -2.33. The summed E-state index contributed by atoms with van der Waals surface area (Å²) in [6.07, 6.45) is 1.18. The van der Waals surface area contributed by atoms with Crippen molar-refractivity contribution in [2.24, 2.45) is 0 Å². The van der Waals surface area contributed by atoms with Crippen LogP contribution in [0.2, 0.25) is 0 Å². The summed E-state index contributed by atoms with van der Waals surface area (Å²) in [6.45, 7) is 4.77. The van der Waals surface area contributed by atoms with E-state index < -0.39 is 0 Å². The summed E-state index contributed by atoms with van der Waals surface area (Å²) in [5, 5.41) is 0. The van der Waals surface area contributed by atoms with Crippen LogP contribution in [0.25, 0.3) is 11.3 Å². The van der Waals surface area contributed by atoms with Crippen molar-refractivity contribution >= 4 is 5.91 Å². The van der Waals surface area contributed by atoms with E-state index in [2.05, 4.69) is 36.2 Å². The van der Waals surface area contributed by atoms with Gasteiger partial charge in [-0.3, -0.25) is 4.79 Å². The van der Waals surface area contributed by atoms with E-state index in [1.165, 1.54) is 0 Å². The zero-order valence-electron chi connectivity index (χ0n) is 16.8. The number of carbonyl (C=O) groups excluding carboxylic acids is 1. The molecule has 3 aromatic rings. The highest BCUT2D eigenvalue weighted by Gasteiger charge is 2.20. The zero-order valence-corrected chi connectivity index (χ0v) is 16.8. The van der Waals surface area contributed by atoms with Crippen LogP contribution in [0, 0.1) is 0 Å². The van der Waals surface area contributed by atoms with Crippen LogP contribution >= 0.6 is 0 Å². The van der Waals surface area contributed by atoms with Gasteiger partial charge in [-0.2, -0.15) is 0 Å². The fraction of sp³-hybridized carbons (Fsp3) is 0.292. The first-order chi connectivity index (χ1) is 13.6. The Morgan fingerprint density at radius 2 is 1.86 bits per heavy atom. The number of methoxy groups -OCH3 is 1. The minimum Gasteiger partial charge on any atom is -0.497 e. The Hall–Kier alpha value is -3.01. The zero-order chi connectivity index (χ0) is 19.9. The number of benzene rings is 2. The molecule has 146 valence electrons. The van der Waals surface area contributed by atoms with Crippen molar-refractivity contribution in [3.8, 4) is 17.0 Å². The SMILES string of the molecule is CCN(C(=O)CCc1ccc(-c2ccccc2)[nH]1)C(C)c1cccc(OC)c1. The maximum absolute atomic E-state index is 12.9. The number of hydrogen-bond acceptors (Lipinski definition) is 2. The van der Waals surface area contributed by atoms with E-state index >= 15 is 0 Å². The van der Waals surface area contributed by atoms with Crippen molar-refractivity contribution in [3.05, 3.63) is 78.0 Å². The van der Waals surface area contributed by atoms with E-state index in [1.54, 1.807) is 7.11 Å². The molecule has 0 spiro atoms. The van der Waals surface area contributed by atoms with Crippen LogP contribution in [-0.4, -0.2) is 29.4 Å². The minimum absolute atomic E-state index is 0.0103. The summed E-state index contributed by atoms with van der Waals surface area (Å²) in [7, 11) is 1.66. The maximum atomic E-state index is 12.9. The number of hydrogen-bond donors (Lipinski definition) is 1. The smallest absolute Gasteiger partial charge is 0.223 e. The molecule has 1 atom stereocenters. The molecule has 4 heteroatoms. The molecule has 28 heavy (non-hydrogen) atoms. The normalized spacial score (nSPS) is 11.8. The third kappa shape index (κ3) is 4.63. The molecule has 1 N–H and O–H groups in total. The van der Waals surface area contributed by atoms with Gasteiger partial charge in [-0.25, -0.2) is 0 Å².